The molecule has 0 aromatic rings. The summed E-state index contributed by atoms with van der Waals surface area (Å²) in [7, 11) is 2.12. The first-order valence-corrected chi connectivity index (χ1v) is 4.93. The van der Waals surface area contributed by atoms with E-state index >= 15 is 0 Å². The summed E-state index contributed by atoms with van der Waals surface area (Å²) in [5.41, 5.74) is 2.77. The Labute approximate surface area is 82.4 Å². The lowest BCUT2D eigenvalue weighted by molar-refractivity contribution is 0.428. The molecule has 0 fully saturated rings. The van der Waals surface area contributed by atoms with E-state index in [-0.39, 0.29) is 0 Å². The number of likely N-dealkylation sites (N-methyl/N-ethyl adjacent to an activating group) is 1. The molecule has 74 valence electrons. The van der Waals surface area contributed by atoms with Gasteiger partial charge in [0.1, 0.15) is 0 Å². The van der Waals surface area contributed by atoms with Gasteiger partial charge in [0.15, 0.2) is 0 Å². The fourth-order valence-electron chi connectivity index (χ4n) is 1.40. The van der Waals surface area contributed by atoms with Crippen LogP contribution in [0.2, 0.25) is 0 Å². The number of hydrogen-bond acceptors (Lipinski definition) is 1. The lowest BCUT2D eigenvalue weighted by Crippen LogP contribution is -2.14. The Kier molecular flexibility index (Phi) is 6.25. The molecule has 1 aliphatic heterocycles. The van der Waals surface area contributed by atoms with E-state index in [1.54, 1.807) is 0 Å². The largest absolute Gasteiger partial charge is 0.298 e. The SMILES string of the molecule is C=CC1=C(/C=C\C)CN(C)C1.CC. The van der Waals surface area contributed by atoms with Crippen LogP contribution in [0, 0.1) is 0 Å². The van der Waals surface area contributed by atoms with Crippen LogP contribution in [0.3, 0.4) is 0 Å². The van der Waals surface area contributed by atoms with E-state index in [1.807, 2.05) is 26.8 Å². The molecule has 1 heterocycles. The zero-order valence-corrected chi connectivity index (χ0v) is 9.30. The maximum atomic E-state index is 3.79. The molecule has 0 amide bonds. The van der Waals surface area contributed by atoms with E-state index in [9.17, 15) is 0 Å². The van der Waals surface area contributed by atoms with Crippen molar-refractivity contribution in [2.24, 2.45) is 0 Å². The highest BCUT2D eigenvalue weighted by atomic mass is 15.1. The van der Waals surface area contributed by atoms with Crippen molar-refractivity contribution in [3.63, 3.8) is 0 Å². The molecule has 0 spiro atoms. The standard InChI is InChI=1S/C10H15N.C2H6/c1-4-6-10-8-11(3)7-9(10)5-2;1-2/h4-6H,2,7-8H2,1,3H3;1-2H3/b6-4-;. The fraction of sp³-hybridized carbons (Fsp3) is 0.500. The molecule has 1 aliphatic rings. The third kappa shape index (κ3) is 3.60. The van der Waals surface area contributed by atoms with Gasteiger partial charge in [0.05, 0.1) is 0 Å². The number of hydrogen-bond donors (Lipinski definition) is 0. The molecule has 0 aromatic heterocycles. The van der Waals surface area contributed by atoms with Crippen LogP contribution < -0.4 is 0 Å². The van der Waals surface area contributed by atoms with Gasteiger partial charge in [-0.15, -0.1) is 0 Å². The molecule has 13 heavy (non-hydrogen) atoms. The van der Waals surface area contributed by atoms with Crippen molar-refractivity contribution in [1.82, 2.24) is 4.90 Å². The Hall–Kier alpha value is -0.820. The van der Waals surface area contributed by atoms with Crippen LogP contribution in [0.4, 0.5) is 0 Å². The molecular weight excluding hydrogens is 158 g/mol. The van der Waals surface area contributed by atoms with Crippen molar-refractivity contribution >= 4 is 0 Å². The molecular formula is C12H21N. The molecule has 0 saturated carbocycles. The highest BCUT2D eigenvalue weighted by Gasteiger charge is 2.13. The van der Waals surface area contributed by atoms with Gasteiger partial charge in [-0.3, -0.25) is 4.90 Å². The Bertz CT molecular complexity index is 211. The lowest BCUT2D eigenvalue weighted by atomic mass is 10.1. The second-order valence-electron chi connectivity index (χ2n) is 2.93. The quantitative estimate of drug-likeness (QED) is 0.630. The summed E-state index contributed by atoms with van der Waals surface area (Å²) in [6.07, 6.45) is 6.21. The van der Waals surface area contributed by atoms with Crippen LogP contribution in [-0.4, -0.2) is 25.0 Å². The van der Waals surface area contributed by atoms with Crippen molar-refractivity contribution < 1.29 is 0 Å². The Morgan fingerprint density at radius 2 is 1.77 bits per heavy atom. The molecule has 0 unspecified atom stereocenters. The van der Waals surface area contributed by atoms with Crippen LogP contribution >= 0.6 is 0 Å². The molecule has 1 heteroatoms. The van der Waals surface area contributed by atoms with E-state index in [4.69, 9.17) is 0 Å². The number of nitrogens with zero attached hydrogens (tertiary/aromatic N) is 1. The zero-order chi connectivity index (χ0) is 10.3. The van der Waals surface area contributed by atoms with Gasteiger partial charge >= 0.3 is 0 Å². The molecule has 0 saturated heterocycles. The minimum atomic E-state index is 1.04. The first-order chi connectivity index (χ1) is 6.27. The topological polar surface area (TPSA) is 3.24 Å². The van der Waals surface area contributed by atoms with Crippen molar-refractivity contribution in [3.05, 3.63) is 36.0 Å². The molecule has 1 rings (SSSR count). The predicted octanol–water partition coefficient (Wildman–Crippen LogP) is 3.02. The smallest absolute Gasteiger partial charge is 0.0237 e. The molecule has 0 aliphatic carbocycles. The van der Waals surface area contributed by atoms with Gasteiger partial charge in [0, 0.05) is 13.1 Å². The van der Waals surface area contributed by atoms with E-state index in [2.05, 4.69) is 30.7 Å². The summed E-state index contributed by atoms with van der Waals surface area (Å²) in [5, 5.41) is 0. The third-order valence-electron chi connectivity index (χ3n) is 1.91. The average molecular weight is 179 g/mol. The Morgan fingerprint density at radius 1 is 1.23 bits per heavy atom. The van der Waals surface area contributed by atoms with E-state index < -0.39 is 0 Å². The second kappa shape index (κ2) is 6.67. The minimum Gasteiger partial charge on any atom is -0.298 e. The Morgan fingerprint density at radius 3 is 2.23 bits per heavy atom. The van der Waals surface area contributed by atoms with Crippen molar-refractivity contribution in [2.75, 3.05) is 20.1 Å². The van der Waals surface area contributed by atoms with Crippen LogP contribution in [-0.2, 0) is 0 Å². The van der Waals surface area contributed by atoms with Crippen molar-refractivity contribution in [3.8, 4) is 0 Å². The molecule has 0 aromatic carbocycles. The van der Waals surface area contributed by atoms with Gasteiger partial charge in [-0.1, -0.05) is 38.7 Å². The summed E-state index contributed by atoms with van der Waals surface area (Å²) in [4.78, 5) is 2.28. The lowest BCUT2D eigenvalue weighted by Gasteiger charge is -2.04. The van der Waals surface area contributed by atoms with Gasteiger partial charge < -0.3 is 0 Å². The summed E-state index contributed by atoms with van der Waals surface area (Å²) in [6, 6.07) is 0. The second-order valence-corrected chi connectivity index (χ2v) is 2.93. The third-order valence-corrected chi connectivity index (χ3v) is 1.91. The fourth-order valence-corrected chi connectivity index (χ4v) is 1.40. The maximum Gasteiger partial charge on any atom is 0.0237 e. The monoisotopic (exact) mass is 179 g/mol. The Balaban J connectivity index is 0.000000671. The molecule has 0 bridgehead atoms. The van der Waals surface area contributed by atoms with Gasteiger partial charge in [-0.05, 0) is 25.1 Å². The highest BCUT2D eigenvalue weighted by molar-refractivity contribution is 5.37. The van der Waals surface area contributed by atoms with E-state index in [1.165, 1.54) is 11.1 Å². The van der Waals surface area contributed by atoms with E-state index in [0.29, 0.717) is 0 Å². The van der Waals surface area contributed by atoms with Gasteiger partial charge in [-0.25, -0.2) is 0 Å². The van der Waals surface area contributed by atoms with Gasteiger partial charge in [0.25, 0.3) is 0 Å². The van der Waals surface area contributed by atoms with Gasteiger partial charge in [-0.2, -0.15) is 0 Å². The minimum absolute atomic E-state index is 1.04. The first-order valence-electron chi connectivity index (χ1n) is 4.93. The summed E-state index contributed by atoms with van der Waals surface area (Å²) in [5.74, 6) is 0. The predicted molar refractivity (Wildman–Crippen MR) is 60.9 cm³/mol. The maximum absolute atomic E-state index is 3.79. The number of allylic oxidation sites excluding steroid dienone is 1. The summed E-state index contributed by atoms with van der Waals surface area (Å²) < 4.78 is 0. The molecule has 0 N–H and O–H groups in total. The number of rotatable bonds is 2. The van der Waals surface area contributed by atoms with Crippen molar-refractivity contribution in [2.45, 2.75) is 20.8 Å². The van der Waals surface area contributed by atoms with Crippen LogP contribution in [0.5, 0.6) is 0 Å². The normalized spacial score (nSPS) is 17.5. The first kappa shape index (κ1) is 12.2. The van der Waals surface area contributed by atoms with Crippen LogP contribution in [0.1, 0.15) is 20.8 Å². The van der Waals surface area contributed by atoms with Gasteiger partial charge in [0.2, 0.25) is 0 Å². The van der Waals surface area contributed by atoms with Crippen molar-refractivity contribution in [1.29, 1.82) is 0 Å². The zero-order valence-electron chi connectivity index (χ0n) is 9.30. The molecule has 0 atom stereocenters. The molecule has 0 radical (unpaired) electrons. The summed E-state index contributed by atoms with van der Waals surface area (Å²) in [6.45, 7) is 11.9. The van der Waals surface area contributed by atoms with Crippen LogP contribution in [0.25, 0.3) is 0 Å². The highest BCUT2D eigenvalue weighted by Crippen LogP contribution is 2.17. The van der Waals surface area contributed by atoms with E-state index in [0.717, 1.165) is 13.1 Å². The van der Waals surface area contributed by atoms with Crippen LogP contribution in [0.15, 0.2) is 36.0 Å². The average Bonchev–Trinajstić information content (AvgIpc) is 2.50. The molecule has 1 nitrogen and oxygen atoms in total. The summed E-state index contributed by atoms with van der Waals surface area (Å²) >= 11 is 0.